The summed E-state index contributed by atoms with van der Waals surface area (Å²) in [5.74, 6) is 0.0361. The number of carboxylic acids is 1. The number of aliphatic hydroxyl groups excluding tert-OH is 1. The topological polar surface area (TPSA) is 66.8 Å². The molecule has 4 heteroatoms. The van der Waals surface area contributed by atoms with Gasteiger partial charge >= 0.3 is 5.97 Å². The summed E-state index contributed by atoms with van der Waals surface area (Å²) < 4.78 is 5.79. The monoisotopic (exact) mass is 290 g/mol. The fourth-order valence-electron chi connectivity index (χ4n) is 2.64. The van der Waals surface area contributed by atoms with Gasteiger partial charge in [0, 0.05) is 5.92 Å². The van der Waals surface area contributed by atoms with Crippen LogP contribution in [0.1, 0.15) is 43.8 Å². The van der Waals surface area contributed by atoms with Gasteiger partial charge in [0.1, 0.15) is 5.75 Å². The molecule has 0 spiro atoms. The van der Waals surface area contributed by atoms with E-state index < -0.39 is 12.1 Å². The van der Waals surface area contributed by atoms with Gasteiger partial charge in [-0.25, -0.2) is 0 Å². The fourth-order valence-corrected chi connectivity index (χ4v) is 2.64. The van der Waals surface area contributed by atoms with Crippen molar-refractivity contribution in [1.29, 1.82) is 0 Å². The first-order valence-corrected chi connectivity index (χ1v) is 7.36. The number of carboxylic acid groups (broad SMARTS) is 1. The van der Waals surface area contributed by atoms with Crippen molar-refractivity contribution < 1.29 is 19.7 Å². The summed E-state index contributed by atoms with van der Waals surface area (Å²) in [6, 6.07) is 7.01. The molecule has 1 aromatic carbocycles. The minimum Gasteiger partial charge on any atom is -0.493 e. The van der Waals surface area contributed by atoms with E-state index in [0.29, 0.717) is 23.8 Å². The molecule has 1 aromatic rings. The molecule has 0 saturated heterocycles. The number of ether oxygens (including phenoxy) is 1. The van der Waals surface area contributed by atoms with Gasteiger partial charge in [-0.2, -0.15) is 0 Å². The van der Waals surface area contributed by atoms with E-state index >= 15 is 0 Å². The second-order valence-electron chi connectivity index (χ2n) is 5.60. The first kappa shape index (κ1) is 15.6. The summed E-state index contributed by atoms with van der Waals surface area (Å²) in [4.78, 5) is 10.6. The van der Waals surface area contributed by atoms with E-state index in [1.807, 2.05) is 6.07 Å². The number of rotatable bonds is 6. The average molecular weight is 290 g/mol. The van der Waals surface area contributed by atoms with E-state index in [0.717, 1.165) is 12.8 Å². The Kier molecular flexibility index (Phi) is 5.39. The van der Waals surface area contributed by atoms with Crippen LogP contribution in [0.25, 0.3) is 0 Å². The van der Waals surface area contributed by atoms with E-state index in [2.05, 4.69) is 6.58 Å². The summed E-state index contributed by atoms with van der Waals surface area (Å²) in [6.07, 6.45) is 3.31. The van der Waals surface area contributed by atoms with E-state index in [1.54, 1.807) is 18.2 Å². The maximum atomic E-state index is 10.6. The van der Waals surface area contributed by atoms with Gasteiger partial charge in [0.2, 0.25) is 0 Å². The van der Waals surface area contributed by atoms with Crippen molar-refractivity contribution in [3.8, 4) is 5.75 Å². The highest BCUT2D eigenvalue weighted by atomic mass is 16.5. The van der Waals surface area contributed by atoms with Gasteiger partial charge in [0.15, 0.2) is 0 Å². The van der Waals surface area contributed by atoms with Crippen molar-refractivity contribution >= 4 is 5.97 Å². The predicted octanol–water partition coefficient (Wildman–Crippen LogP) is 3.32. The van der Waals surface area contributed by atoms with E-state index in [4.69, 9.17) is 9.84 Å². The van der Waals surface area contributed by atoms with Gasteiger partial charge < -0.3 is 14.9 Å². The molecule has 1 fully saturated rings. The minimum absolute atomic E-state index is 0.303. The number of hydrogen-bond donors (Lipinski definition) is 2. The summed E-state index contributed by atoms with van der Waals surface area (Å²) >= 11 is 0. The lowest BCUT2D eigenvalue weighted by molar-refractivity contribution is -0.139. The maximum absolute atomic E-state index is 10.6. The van der Waals surface area contributed by atoms with Crippen LogP contribution in [-0.4, -0.2) is 22.8 Å². The van der Waals surface area contributed by atoms with Crippen LogP contribution in [0, 0.1) is 5.92 Å². The zero-order valence-corrected chi connectivity index (χ0v) is 12.1. The molecule has 4 nitrogen and oxygen atoms in total. The molecule has 2 rings (SSSR count). The molecule has 1 aliphatic carbocycles. The third-order valence-electron chi connectivity index (χ3n) is 3.94. The first-order chi connectivity index (χ1) is 10.1. The van der Waals surface area contributed by atoms with Gasteiger partial charge in [-0.1, -0.05) is 30.7 Å². The second kappa shape index (κ2) is 7.27. The van der Waals surface area contributed by atoms with Crippen LogP contribution in [0.15, 0.2) is 36.4 Å². The molecule has 1 saturated carbocycles. The molecule has 1 aliphatic rings. The normalized spacial score (nSPS) is 20.0. The Morgan fingerprint density at radius 1 is 1.43 bits per heavy atom. The molecule has 2 atom stereocenters. The van der Waals surface area contributed by atoms with Gasteiger partial charge in [-0.05, 0) is 37.0 Å². The number of aliphatic hydroxyl groups is 1. The molecule has 2 N–H and O–H groups in total. The Morgan fingerprint density at radius 3 is 2.95 bits per heavy atom. The van der Waals surface area contributed by atoms with Gasteiger partial charge in [-0.3, -0.25) is 4.79 Å². The quantitative estimate of drug-likeness (QED) is 0.789. The Hall–Kier alpha value is -1.81. The van der Waals surface area contributed by atoms with Gasteiger partial charge in [-0.15, -0.1) is 0 Å². The smallest absolute Gasteiger partial charge is 0.306 e. The molecule has 0 bridgehead atoms. The summed E-state index contributed by atoms with van der Waals surface area (Å²) in [6.45, 7) is 4.70. The minimum atomic E-state index is -1.02. The van der Waals surface area contributed by atoms with E-state index in [9.17, 15) is 9.90 Å². The zero-order chi connectivity index (χ0) is 15.2. The van der Waals surface area contributed by atoms with Crippen LogP contribution in [0.2, 0.25) is 0 Å². The zero-order valence-electron chi connectivity index (χ0n) is 12.1. The average Bonchev–Trinajstić information content (AvgIpc) is 2.46. The standard InChI is InChI=1S/C17H22O4/c1-12-5-2-3-6-14(12)11-21-15-8-4-7-13(9-15)16(18)10-17(19)20/h4,7-9,14,16,18H,1-3,5-6,10-11H2,(H,19,20). The van der Waals surface area contributed by atoms with Gasteiger partial charge in [0.25, 0.3) is 0 Å². The Labute approximate surface area is 125 Å². The Morgan fingerprint density at radius 2 is 2.24 bits per heavy atom. The third-order valence-corrected chi connectivity index (χ3v) is 3.94. The number of benzene rings is 1. The summed E-state index contributed by atoms with van der Waals surface area (Å²) in [7, 11) is 0. The molecule has 2 unspecified atom stereocenters. The Bertz CT molecular complexity index is 509. The van der Waals surface area contributed by atoms with Crippen LogP contribution in [0.5, 0.6) is 5.75 Å². The van der Waals surface area contributed by atoms with Crippen LogP contribution < -0.4 is 4.74 Å². The number of hydrogen-bond acceptors (Lipinski definition) is 3. The molecule has 114 valence electrons. The van der Waals surface area contributed by atoms with Crippen molar-refractivity contribution in [2.45, 2.75) is 38.2 Å². The van der Waals surface area contributed by atoms with Crippen molar-refractivity contribution in [3.63, 3.8) is 0 Å². The lowest BCUT2D eigenvalue weighted by Gasteiger charge is -2.24. The SMILES string of the molecule is C=C1CCCCC1COc1cccc(C(O)CC(=O)O)c1. The highest BCUT2D eigenvalue weighted by molar-refractivity contribution is 5.67. The van der Waals surface area contributed by atoms with Crippen LogP contribution in [0.4, 0.5) is 0 Å². The molecule has 21 heavy (non-hydrogen) atoms. The second-order valence-corrected chi connectivity index (χ2v) is 5.60. The van der Waals surface area contributed by atoms with Crippen LogP contribution in [0.3, 0.4) is 0 Å². The molecule has 0 aromatic heterocycles. The van der Waals surface area contributed by atoms with Crippen molar-refractivity contribution in [1.82, 2.24) is 0 Å². The molecule has 0 amide bonds. The highest BCUT2D eigenvalue weighted by Crippen LogP contribution is 2.29. The lowest BCUT2D eigenvalue weighted by Crippen LogP contribution is -2.17. The molecular formula is C17H22O4. The number of carbonyl (C=O) groups is 1. The van der Waals surface area contributed by atoms with E-state index in [1.165, 1.54) is 18.4 Å². The van der Waals surface area contributed by atoms with Crippen molar-refractivity contribution in [3.05, 3.63) is 42.0 Å². The Balaban J connectivity index is 1.94. The largest absolute Gasteiger partial charge is 0.493 e. The molecule has 0 heterocycles. The van der Waals surface area contributed by atoms with Crippen LogP contribution >= 0.6 is 0 Å². The fraction of sp³-hybridized carbons (Fsp3) is 0.471. The van der Waals surface area contributed by atoms with Crippen LogP contribution in [-0.2, 0) is 4.79 Å². The lowest BCUT2D eigenvalue weighted by atomic mass is 9.86. The highest BCUT2D eigenvalue weighted by Gasteiger charge is 2.18. The first-order valence-electron chi connectivity index (χ1n) is 7.36. The molecule has 0 radical (unpaired) electrons. The summed E-state index contributed by atoms with van der Waals surface area (Å²) in [5.41, 5.74) is 1.82. The summed E-state index contributed by atoms with van der Waals surface area (Å²) in [5, 5.41) is 18.5. The molecular weight excluding hydrogens is 268 g/mol. The van der Waals surface area contributed by atoms with Crippen molar-refractivity contribution in [2.75, 3.05) is 6.61 Å². The van der Waals surface area contributed by atoms with Crippen molar-refractivity contribution in [2.24, 2.45) is 5.92 Å². The number of aliphatic carboxylic acids is 1. The van der Waals surface area contributed by atoms with Gasteiger partial charge in [0.05, 0.1) is 19.1 Å². The third kappa shape index (κ3) is 4.60. The molecule has 0 aliphatic heterocycles. The predicted molar refractivity (Wildman–Crippen MR) is 80.2 cm³/mol. The maximum Gasteiger partial charge on any atom is 0.306 e. The van der Waals surface area contributed by atoms with E-state index in [-0.39, 0.29) is 6.42 Å².